The third-order valence-corrected chi connectivity index (χ3v) is 3.75. The number of halogens is 4. The summed E-state index contributed by atoms with van der Waals surface area (Å²) in [5, 5.41) is 9.34. The zero-order valence-electron chi connectivity index (χ0n) is 9.25. The van der Waals surface area contributed by atoms with E-state index in [9.17, 15) is 4.39 Å². The topological polar surface area (TPSA) is 33.0 Å². The Morgan fingerprint density at radius 2 is 1.84 bits per heavy atom. The van der Waals surface area contributed by atoms with Gasteiger partial charge in [-0.1, -0.05) is 23.2 Å². The van der Waals surface area contributed by atoms with E-state index in [1.807, 2.05) is 6.07 Å². The van der Waals surface area contributed by atoms with Crippen LogP contribution in [0.15, 0.2) is 34.8 Å². The Morgan fingerprint density at radius 1 is 1.11 bits per heavy atom. The molecule has 0 saturated heterocycles. The van der Waals surface area contributed by atoms with Gasteiger partial charge in [-0.05, 0) is 40.2 Å². The van der Waals surface area contributed by atoms with Crippen LogP contribution in [0, 0.1) is 17.1 Å². The minimum absolute atomic E-state index is 0.0284. The van der Waals surface area contributed by atoms with E-state index >= 15 is 0 Å². The van der Waals surface area contributed by atoms with Crippen LogP contribution in [0.3, 0.4) is 0 Å². The second-order valence-corrected chi connectivity index (χ2v) is 5.22. The lowest BCUT2D eigenvalue weighted by Crippen LogP contribution is -1.90. The van der Waals surface area contributed by atoms with Gasteiger partial charge < -0.3 is 4.74 Å². The number of benzene rings is 2. The molecular formula is C13H5BrCl2FNO. The molecule has 96 valence electrons. The van der Waals surface area contributed by atoms with Crippen molar-refractivity contribution in [2.24, 2.45) is 0 Å². The fourth-order valence-corrected chi connectivity index (χ4v) is 2.19. The summed E-state index contributed by atoms with van der Waals surface area (Å²) in [6, 6.07) is 8.77. The smallest absolute Gasteiger partial charge is 0.167 e. The highest BCUT2D eigenvalue weighted by atomic mass is 79.9. The van der Waals surface area contributed by atoms with Crippen LogP contribution in [0.1, 0.15) is 5.56 Å². The zero-order chi connectivity index (χ0) is 14.0. The third-order valence-electron chi connectivity index (χ3n) is 2.26. The summed E-state index contributed by atoms with van der Waals surface area (Å²) >= 11 is 15.1. The highest BCUT2D eigenvalue weighted by Gasteiger charge is 2.11. The molecule has 19 heavy (non-hydrogen) atoms. The molecule has 2 aromatic carbocycles. The molecular weight excluding hydrogens is 356 g/mol. The maximum Gasteiger partial charge on any atom is 0.167 e. The van der Waals surface area contributed by atoms with Crippen molar-refractivity contribution in [3.8, 4) is 17.6 Å². The summed E-state index contributed by atoms with van der Waals surface area (Å²) in [6.45, 7) is 0. The van der Waals surface area contributed by atoms with Crippen LogP contribution < -0.4 is 4.74 Å². The first-order valence-corrected chi connectivity index (χ1v) is 6.58. The molecule has 2 aromatic rings. The van der Waals surface area contributed by atoms with Crippen LogP contribution in [0.4, 0.5) is 4.39 Å². The maximum atomic E-state index is 13.7. The van der Waals surface area contributed by atoms with Crippen molar-refractivity contribution in [2.75, 3.05) is 0 Å². The summed E-state index contributed by atoms with van der Waals surface area (Å²) < 4.78 is 19.6. The SMILES string of the molecule is N#Cc1ccc(Oc2cc(Cl)c(Br)cc2Cl)c(F)c1. The van der Waals surface area contributed by atoms with Gasteiger partial charge in [0.05, 0.1) is 21.7 Å². The Morgan fingerprint density at radius 3 is 2.47 bits per heavy atom. The van der Waals surface area contributed by atoms with E-state index < -0.39 is 5.82 Å². The lowest BCUT2D eigenvalue weighted by molar-refractivity contribution is 0.442. The fourth-order valence-electron chi connectivity index (χ4n) is 1.35. The molecule has 0 radical (unpaired) electrons. The van der Waals surface area contributed by atoms with Crippen molar-refractivity contribution in [1.29, 1.82) is 5.26 Å². The Kier molecular flexibility index (Phi) is 4.31. The molecule has 0 aliphatic carbocycles. The quantitative estimate of drug-likeness (QED) is 0.657. The van der Waals surface area contributed by atoms with Gasteiger partial charge in [0, 0.05) is 10.5 Å². The van der Waals surface area contributed by atoms with Gasteiger partial charge in [-0.3, -0.25) is 0 Å². The molecule has 2 rings (SSSR count). The fraction of sp³-hybridized carbons (Fsp3) is 0. The number of rotatable bonds is 2. The maximum absolute atomic E-state index is 13.7. The molecule has 0 N–H and O–H groups in total. The van der Waals surface area contributed by atoms with Crippen LogP contribution in [-0.4, -0.2) is 0 Å². The molecule has 0 unspecified atom stereocenters. The van der Waals surface area contributed by atoms with Crippen LogP contribution in [0.2, 0.25) is 10.0 Å². The van der Waals surface area contributed by atoms with E-state index in [0.717, 1.165) is 6.07 Å². The molecule has 0 aromatic heterocycles. The van der Waals surface area contributed by atoms with E-state index in [-0.39, 0.29) is 17.1 Å². The first-order chi connectivity index (χ1) is 9.01. The predicted octanol–water partition coefficient (Wildman–Crippen LogP) is 5.56. The minimum Gasteiger partial charge on any atom is -0.453 e. The first-order valence-electron chi connectivity index (χ1n) is 5.03. The average Bonchev–Trinajstić information content (AvgIpc) is 2.38. The molecule has 6 heteroatoms. The minimum atomic E-state index is -0.644. The highest BCUT2D eigenvalue weighted by molar-refractivity contribution is 9.10. The molecule has 0 bridgehead atoms. The second-order valence-electron chi connectivity index (χ2n) is 3.56. The van der Waals surface area contributed by atoms with Crippen molar-refractivity contribution < 1.29 is 9.13 Å². The van der Waals surface area contributed by atoms with Crippen LogP contribution >= 0.6 is 39.1 Å². The molecule has 0 heterocycles. The standard InChI is InChI=1S/C13H5BrCl2FNO/c14-8-4-10(16)13(5-9(8)15)19-12-2-1-7(6-18)3-11(12)17/h1-5H. The van der Waals surface area contributed by atoms with Crippen molar-refractivity contribution in [3.05, 3.63) is 56.2 Å². The van der Waals surface area contributed by atoms with Gasteiger partial charge in [0.25, 0.3) is 0 Å². The van der Waals surface area contributed by atoms with Gasteiger partial charge in [0.15, 0.2) is 11.6 Å². The monoisotopic (exact) mass is 359 g/mol. The largest absolute Gasteiger partial charge is 0.453 e. The summed E-state index contributed by atoms with van der Waals surface area (Å²) in [5.74, 6) is -0.438. The number of hydrogen-bond acceptors (Lipinski definition) is 2. The van der Waals surface area contributed by atoms with E-state index in [1.165, 1.54) is 18.2 Å². The Balaban J connectivity index is 2.37. The summed E-state index contributed by atoms with van der Waals surface area (Å²) in [5.41, 5.74) is 0.213. The molecule has 0 aliphatic rings. The molecule has 0 aliphatic heterocycles. The zero-order valence-corrected chi connectivity index (χ0v) is 12.4. The first kappa shape index (κ1) is 14.1. The number of ether oxygens (including phenoxy) is 1. The van der Waals surface area contributed by atoms with Crippen molar-refractivity contribution in [2.45, 2.75) is 0 Å². The average molecular weight is 361 g/mol. The van der Waals surface area contributed by atoms with Gasteiger partial charge >= 0.3 is 0 Å². The predicted molar refractivity (Wildman–Crippen MR) is 75.4 cm³/mol. The lowest BCUT2D eigenvalue weighted by atomic mass is 10.2. The molecule has 2 nitrogen and oxygen atoms in total. The Labute approximate surface area is 127 Å². The van der Waals surface area contributed by atoms with E-state index in [1.54, 1.807) is 6.07 Å². The van der Waals surface area contributed by atoms with Crippen molar-refractivity contribution in [1.82, 2.24) is 0 Å². The van der Waals surface area contributed by atoms with E-state index in [2.05, 4.69) is 15.9 Å². The van der Waals surface area contributed by atoms with Gasteiger partial charge in [0.2, 0.25) is 0 Å². The Bertz CT molecular complexity index is 685. The molecule has 0 spiro atoms. The molecule has 0 atom stereocenters. The van der Waals surface area contributed by atoms with Gasteiger partial charge in [-0.15, -0.1) is 0 Å². The van der Waals surface area contributed by atoms with Gasteiger partial charge in [0.1, 0.15) is 5.75 Å². The van der Waals surface area contributed by atoms with E-state index in [0.29, 0.717) is 14.5 Å². The molecule has 0 fully saturated rings. The lowest BCUT2D eigenvalue weighted by Gasteiger charge is -2.09. The molecule has 0 saturated carbocycles. The van der Waals surface area contributed by atoms with E-state index in [4.69, 9.17) is 33.2 Å². The Hall–Kier alpha value is -1.28. The van der Waals surface area contributed by atoms with Crippen molar-refractivity contribution in [3.63, 3.8) is 0 Å². The van der Waals surface area contributed by atoms with Crippen molar-refractivity contribution >= 4 is 39.1 Å². The number of nitrogens with zero attached hydrogens (tertiary/aromatic N) is 1. The number of nitriles is 1. The van der Waals surface area contributed by atoms with Crippen LogP contribution in [-0.2, 0) is 0 Å². The highest BCUT2D eigenvalue weighted by Crippen LogP contribution is 2.37. The number of hydrogen-bond donors (Lipinski definition) is 0. The molecule has 0 amide bonds. The summed E-state index contributed by atoms with van der Waals surface area (Å²) in [4.78, 5) is 0. The van der Waals surface area contributed by atoms with Crippen LogP contribution in [0.5, 0.6) is 11.5 Å². The summed E-state index contributed by atoms with van der Waals surface area (Å²) in [6.07, 6.45) is 0. The normalized spacial score (nSPS) is 10.1. The van der Waals surface area contributed by atoms with Crippen LogP contribution in [0.25, 0.3) is 0 Å². The third kappa shape index (κ3) is 3.19. The van der Waals surface area contributed by atoms with Gasteiger partial charge in [-0.2, -0.15) is 5.26 Å². The summed E-state index contributed by atoms with van der Waals surface area (Å²) in [7, 11) is 0. The second kappa shape index (κ2) is 5.79. The van der Waals surface area contributed by atoms with Gasteiger partial charge in [-0.25, -0.2) is 4.39 Å².